The van der Waals surface area contributed by atoms with Gasteiger partial charge in [0.2, 0.25) is 0 Å². The molecule has 22 heteroatoms. The molecule has 2 aromatic carbocycles. The molecule has 264 valence electrons. The Morgan fingerprint density at radius 2 is 0.978 bits per heavy atom. The molecule has 0 saturated carbocycles. The normalized spacial score (nSPS) is 14.5. The molecule has 0 aromatic heterocycles. The molecular formula is C24H18F17IO3S. The summed E-state index contributed by atoms with van der Waals surface area (Å²) >= 11 is -0.0108. The van der Waals surface area contributed by atoms with E-state index in [0.29, 0.717) is 0 Å². The fraction of sp³-hybridized carbons (Fsp3) is 0.500. The molecule has 2 rings (SSSR count). The number of hydrogen-bond acceptors (Lipinski definition) is 3. The summed E-state index contributed by atoms with van der Waals surface area (Å²) in [6.07, 6.45) is -4.08. The van der Waals surface area contributed by atoms with Crippen LogP contribution in [0.5, 0.6) is 0 Å². The lowest BCUT2D eigenvalue weighted by Gasteiger charge is -2.42. The Morgan fingerprint density at radius 1 is 0.587 bits per heavy atom. The summed E-state index contributed by atoms with van der Waals surface area (Å²) in [6, 6.07) is 19.8. The van der Waals surface area contributed by atoms with Gasteiger partial charge in [-0.05, 0) is 31.0 Å². The standard InChI is InChI=1S/C16H18I.C8HF17O3S/c1-2-3-9-14-10-7-8-13-16(14)17-15-11-5-4-6-12-15;9-1(10,3(13,14)5(17,18)7(21,22)23)2(11,12)4(15,16)6(19,20)8(24,25)29(26,27)28/h4-8,10-13H,2-3,9H2,1H3;(H,26,27,28)/q+1;/p-1. The lowest BCUT2D eigenvalue weighted by atomic mass is 9.91. The van der Waals surface area contributed by atoms with E-state index < -0.39 is 57.1 Å². The zero-order chi connectivity index (χ0) is 36.4. The van der Waals surface area contributed by atoms with Crippen LogP contribution in [0.3, 0.4) is 0 Å². The van der Waals surface area contributed by atoms with Crippen molar-refractivity contribution in [2.75, 3.05) is 0 Å². The quantitative estimate of drug-likeness (QED) is 0.158. The Bertz CT molecular complexity index is 1410. The summed E-state index contributed by atoms with van der Waals surface area (Å²) in [6.45, 7) is 2.26. The molecular weight excluding hydrogens is 818 g/mol. The van der Waals surface area contributed by atoms with Gasteiger partial charge in [-0.3, -0.25) is 0 Å². The van der Waals surface area contributed by atoms with E-state index in [-0.39, 0.29) is 21.2 Å². The summed E-state index contributed by atoms with van der Waals surface area (Å²) in [5.74, 6) is -52.1. The highest BCUT2D eigenvalue weighted by Gasteiger charge is 2.95. The predicted molar refractivity (Wildman–Crippen MR) is 119 cm³/mol. The molecule has 0 N–H and O–H groups in total. The Hall–Kier alpha value is -2.11. The summed E-state index contributed by atoms with van der Waals surface area (Å²) in [4.78, 5) is 0. The van der Waals surface area contributed by atoms with Crippen LogP contribution in [0.2, 0.25) is 0 Å². The third kappa shape index (κ3) is 7.46. The minimum Gasteiger partial charge on any atom is -0.743 e. The first-order chi connectivity index (χ1) is 20.4. The Balaban J connectivity index is 0.000000522. The van der Waals surface area contributed by atoms with Crippen molar-refractivity contribution in [1.29, 1.82) is 0 Å². The molecule has 0 saturated heterocycles. The van der Waals surface area contributed by atoms with Gasteiger partial charge in [-0.15, -0.1) is 0 Å². The number of unbranched alkanes of at least 4 members (excludes halogenated alkanes) is 1. The molecule has 0 unspecified atom stereocenters. The predicted octanol–water partition coefficient (Wildman–Crippen LogP) is 5.66. The molecule has 0 fully saturated rings. The second kappa shape index (κ2) is 13.8. The van der Waals surface area contributed by atoms with Gasteiger partial charge >= 0.3 is 68.2 Å². The SMILES string of the molecule is CCCCc1ccccc1[I+]c1ccccc1.O=S(=O)([O-])C(F)(F)C(F)(F)C(F)(F)C(F)(F)C(F)(F)C(F)(F)C(F)(F)C(F)(F)F. The number of hydrogen-bond donors (Lipinski definition) is 0. The fourth-order valence-corrected chi connectivity index (χ4v) is 6.13. The van der Waals surface area contributed by atoms with Crippen LogP contribution >= 0.6 is 0 Å². The highest BCUT2D eigenvalue weighted by molar-refractivity contribution is 7.86. The number of benzene rings is 2. The van der Waals surface area contributed by atoms with Crippen LogP contribution in [0, 0.1) is 7.14 Å². The van der Waals surface area contributed by atoms with Gasteiger partial charge in [0.15, 0.2) is 17.3 Å². The molecule has 0 spiro atoms. The Labute approximate surface area is 259 Å². The molecule has 2 aromatic rings. The van der Waals surface area contributed by atoms with E-state index in [2.05, 4.69) is 61.5 Å². The van der Waals surface area contributed by atoms with Gasteiger partial charge in [0, 0.05) is 5.56 Å². The molecule has 0 radical (unpaired) electrons. The first kappa shape index (κ1) is 41.9. The number of alkyl halides is 17. The van der Waals surface area contributed by atoms with Crippen molar-refractivity contribution in [1.82, 2.24) is 0 Å². The van der Waals surface area contributed by atoms with E-state index in [4.69, 9.17) is 0 Å². The van der Waals surface area contributed by atoms with Crippen LogP contribution in [0.15, 0.2) is 54.6 Å². The minimum absolute atomic E-state index is 0.0108. The first-order valence-electron chi connectivity index (χ1n) is 11.8. The molecule has 0 aliphatic carbocycles. The Kier molecular flexibility index (Phi) is 12.6. The third-order valence-electron chi connectivity index (χ3n) is 5.71. The molecule has 0 aliphatic rings. The van der Waals surface area contributed by atoms with Gasteiger partial charge in [-0.25, -0.2) is 8.42 Å². The molecule has 0 bridgehead atoms. The first-order valence-corrected chi connectivity index (χ1v) is 15.4. The van der Waals surface area contributed by atoms with Crippen molar-refractivity contribution in [2.24, 2.45) is 0 Å². The molecule has 0 amide bonds. The second-order valence-corrected chi connectivity index (χ2v) is 13.4. The topological polar surface area (TPSA) is 57.2 Å². The summed E-state index contributed by atoms with van der Waals surface area (Å²) in [5, 5.41) is -7.95. The van der Waals surface area contributed by atoms with Crippen molar-refractivity contribution in [3.8, 4) is 0 Å². The fourth-order valence-electron chi connectivity index (χ4n) is 3.06. The van der Waals surface area contributed by atoms with Crippen molar-refractivity contribution in [3.05, 3.63) is 67.3 Å². The van der Waals surface area contributed by atoms with Crippen molar-refractivity contribution < 1.29 is 109 Å². The maximum Gasteiger partial charge on any atom is 0.460 e. The van der Waals surface area contributed by atoms with Crippen molar-refractivity contribution in [3.63, 3.8) is 0 Å². The minimum atomic E-state index is -8.92. The largest absolute Gasteiger partial charge is 0.743 e. The molecule has 0 atom stereocenters. The average molecular weight is 836 g/mol. The number of aryl methyl sites for hydroxylation is 1. The van der Waals surface area contributed by atoms with E-state index in [1.807, 2.05) is 0 Å². The van der Waals surface area contributed by atoms with E-state index in [9.17, 15) is 87.6 Å². The van der Waals surface area contributed by atoms with E-state index in [0.717, 1.165) is 0 Å². The van der Waals surface area contributed by atoms with Crippen LogP contribution in [-0.2, 0) is 16.5 Å². The van der Waals surface area contributed by atoms with Gasteiger partial charge in [-0.2, -0.15) is 74.6 Å². The summed E-state index contributed by atoms with van der Waals surface area (Å²) in [7, 11) is -8.14. The summed E-state index contributed by atoms with van der Waals surface area (Å²) in [5.41, 5.74) is 1.56. The molecule has 3 nitrogen and oxygen atoms in total. The van der Waals surface area contributed by atoms with E-state index in [1.54, 1.807) is 9.13 Å². The van der Waals surface area contributed by atoms with Gasteiger partial charge in [0.1, 0.15) is 0 Å². The average Bonchev–Trinajstić information content (AvgIpc) is 2.91. The highest BCUT2D eigenvalue weighted by Crippen LogP contribution is 2.64. The van der Waals surface area contributed by atoms with E-state index in [1.165, 1.54) is 22.8 Å². The number of halogens is 18. The highest BCUT2D eigenvalue weighted by atomic mass is 127. The zero-order valence-electron chi connectivity index (χ0n) is 22.3. The third-order valence-corrected chi connectivity index (χ3v) is 9.57. The Morgan fingerprint density at radius 3 is 1.39 bits per heavy atom. The van der Waals surface area contributed by atoms with Gasteiger partial charge in [-0.1, -0.05) is 49.7 Å². The smallest absolute Gasteiger partial charge is 0.460 e. The van der Waals surface area contributed by atoms with Crippen LogP contribution in [0.1, 0.15) is 25.3 Å². The maximum absolute atomic E-state index is 13.0. The van der Waals surface area contributed by atoms with Crippen LogP contribution < -0.4 is 21.2 Å². The van der Waals surface area contributed by atoms with Gasteiger partial charge in [0.25, 0.3) is 0 Å². The van der Waals surface area contributed by atoms with Gasteiger partial charge in [0.05, 0.1) is 0 Å². The molecule has 0 aliphatic heterocycles. The second-order valence-electron chi connectivity index (χ2n) is 9.00. The summed E-state index contributed by atoms with van der Waals surface area (Å²) < 4.78 is 247. The van der Waals surface area contributed by atoms with Crippen molar-refractivity contribution >= 4 is 10.1 Å². The van der Waals surface area contributed by atoms with Crippen LogP contribution in [-0.4, -0.2) is 59.9 Å². The zero-order valence-corrected chi connectivity index (χ0v) is 25.2. The van der Waals surface area contributed by atoms with Crippen LogP contribution in [0.25, 0.3) is 0 Å². The van der Waals surface area contributed by atoms with Crippen LogP contribution in [0.4, 0.5) is 74.6 Å². The monoisotopic (exact) mass is 836 g/mol. The van der Waals surface area contributed by atoms with E-state index >= 15 is 0 Å². The molecule has 46 heavy (non-hydrogen) atoms. The number of rotatable bonds is 12. The van der Waals surface area contributed by atoms with Crippen molar-refractivity contribution in [2.45, 2.75) is 73.2 Å². The lowest BCUT2D eigenvalue weighted by Crippen LogP contribution is -3.61. The van der Waals surface area contributed by atoms with Gasteiger partial charge < -0.3 is 4.55 Å². The molecule has 0 heterocycles. The lowest BCUT2D eigenvalue weighted by molar-refractivity contribution is -0.598. The maximum atomic E-state index is 13.0.